The standard InChI is InChI=1S/C13H12N2O2S2/c1-8-6-7-10(18-8)13-14-9-4-3-5-11(12(9)15-13)19(2,16)17/h3-7H,1-2H3,(H,14,15). The lowest BCUT2D eigenvalue weighted by Gasteiger charge is -1.97. The molecule has 2 heterocycles. The summed E-state index contributed by atoms with van der Waals surface area (Å²) in [5, 5.41) is 0. The number of fused-ring (bicyclic) bond motifs is 1. The first-order valence-electron chi connectivity index (χ1n) is 5.71. The molecule has 0 unspecified atom stereocenters. The van der Waals surface area contributed by atoms with Crippen LogP contribution in [0.5, 0.6) is 0 Å². The summed E-state index contributed by atoms with van der Waals surface area (Å²) in [6.07, 6.45) is 1.20. The van der Waals surface area contributed by atoms with Crippen LogP contribution in [0.25, 0.3) is 21.7 Å². The van der Waals surface area contributed by atoms with E-state index in [0.717, 1.165) is 10.4 Å². The zero-order valence-electron chi connectivity index (χ0n) is 10.5. The number of hydrogen-bond donors (Lipinski definition) is 1. The molecule has 0 aliphatic carbocycles. The lowest BCUT2D eigenvalue weighted by atomic mass is 10.3. The molecule has 98 valence electrons. The summed E-state index contributed by atoms with van der Waals surface area (Å²) in [7, 11) is -3.27. The fourth-order valence-corrected chi connectivity index (χ4v) is 3.63. The zero-order chi connectivity index (χ0) is 13.6. The van der Waals surface area contributed by atoms with Gasteiger partial charge in [-0.2, -0.15) is 0 Å². The van der Waals surface area contributed by atoms with Gasteiger partial charge in [0, 0.05) is 11.1 Å². The molecule has 1 aromatic carbocycles. The first-order chi connectivity index (χ1) is 8.95. The van der Waals surface area contributed by atoms with Crippen LogP contribution in [0.3, 0.4) is 0 Å². The second kappa shape index (κ2) is 4.18. The molecular weight excluding hydrogens is 280 g/mol. The van der Waals surface area contributed by atoms with Gasteiger partial charge in [0.1, 0.15) is 11.3 Å². The van der Waals surface area contributed by atoms with Crippen molar-refractivity contribution >= 4 is 32.2 Å². The number of para-hydroxylation sites is 1. The molecule has 0 atom stereocenters. The largest absolute Gasteiger partial charge is 0.337 e. The van der Waals surface area contributed by atoms with E-state index in [2.05, 4.69) is 9.97 Å². The van der Waals surface area contributed by atoms with E-state index < -0.39 is 9.84 Å². The number of thiophene rings is 1. The van der Waals surface area contributed by atoms with Gasteiger partial charge in [-0.3, -0.25) is 0 Å². The minimum absolute atomic E-state index is 0.265. The number of imidazole rings is 1. The summed E-state index contributed by atoms with van der Waals surface area (Å²) in [5.41, 5.74) is 1.25. The van der Waals surface area contributed by atoms with Crippen LogP contribution in [0.2, 0.25) is 0 Å². The van der Waals surface area contributed by atoms with Crippen molar-refractivity contribution in [2.24, 2.45) is 0 Å². The Bertz CT molecular complexity index is 860. The van der Waals surface area contributed by atoms with E-state index in [1.165, 1.54) is 11.1 Å². The Labute approximate surface area is 115 Å². The number of aromatic amines is 1. The Morgan fingerprint density at radius 2 is 2.00 bits per heavy atom. The van der Waals surface area contributed by atoms with Gasteiger partial charge in [0.25, 0.3) is 0 Å². The molecule has 0 bridgehead atoms. The topological polar surface area (TPSA) is 62.8 Å². The maximum atomic E-state index is 11.7. The average Bonchev–Trinajstić information content (AvgIpc) is 2.92. The molecule has 0 saturated carbocycles. The van der Waals surface area contributed by atoms with Crippen LogP contribution in [-0.4, -0.2) is 24.6 Å². The number of nitrogens with one attached hydrogen (secondary N) is 1. The van der Waals surface area contributed by atoms with E-state index in [-0.39, 0.29) is 4.90 Å². The normalized spacial score (nSPS) is 12.1. The van der Waals surface area contributed by atoms with Crippen LogP contribution < -0.4 is 0 Å². The average molecular weight is 292 g/mol. The van der Waals surface area contributed by atoms with E-state index in [0.29, 0.717) is 11.3 Å². The third kappa shape index (κ3) is 2.17. The van der Waals surface area contributed by atoms with E-state index in [9.17, 15) is 8.42 Å². The van der Waals surface area contributed by atoms with Crippen molar-refractivity contribution < 1.29 is 8.42 Å². The fourth-order valence-electron chi connectivity index (χ4n) is 1.98. The quantitative estimate of drug-likeness (QED) is 0.789. The van der Waals surface area contributed by atoms with Gasteiger partial charge >= 0.3 is 0 Å². The van der Waals surface area contributed by atoms with E-state index in [1.807, 2.05) is 25.1 Å². The summed E-state index contributed by atoms with van der Waals surface area (Å²) < 4.78 is 23.5. The summed E-state index contributed by atoms with van der Waals surface area (Å²) >= 11 is 1.63. The Kier molecular flexibility index (Phi) is 2.72. The third-order valence-corrected chi connectivity index (χ3v) is 4.98. The summed E-state index contributed by atoms with van der Waals surface area (Å²) in [6.45, 7) is 2.03. The predicted molar refractivity (Wildman–Crippen MR) is 77.3 cm³/mol. The number of benzene rings is 1. The molecule has 4 nitrogen and oxygen atoms in total. The molecule has 1 N–H and O–H groups in total. The molecule has 3 rings (SSSR count). The van der Waals surface area contributed by atoms with Crippen molar-refractivity contribution in [2.45, 2.75) is 11.8 Å². The zero-order valence-corrected chi connectivity index (χ0v) is 12.1. The van der Waals surface area contributed by atoms with Crippen LogP contribution in [0.4, 0.5) is 0 Å². The Morgan fingerprint density at radius 3 is 2.63 bits per heavy atom. The van der Waals surface area contributed by atoms with Crippen molar-refractivity contribution in [3.63, 3.8) is 0 Å². The Balaban J connectivity index is 2.27. The van der Waals surface area contributed by atoms with Crippen molar-refractivity contribution in [3.8, 4) is 10.7 Å². The molecule has 3 aromatic rings. The first-order valence-corrected chi connectivity index (χ1v) is 8.41. The van der Waals surface area contributed by atoms with Crippen molar-refractivity contribution in [1.29, 1.82) is 0 Å². The van der Waals surface area contributed by atoms with Crippen LogP contribution in [0, 0.1) is 6.92 Å². The summed E-state index contributed by atoms with van der Waals surface area (Å²) in [5.74, 6) is 0.712. The van der Waals surface area contributed by atoms with Gasteiger partial charge in [0.05, 0.1) is 15.3 Å². The molecule has 0 radical (unpaired) electrons. The van der Waals surface area contributed by atoms with Gasteiger partial charge in [0.15, 0.2) is 9.84 Å². The molecule has 2 aromatic heterocycles. The monoisotopic (exact) mass is 292 g/mol. The van der Waals surface area contributed by atoms with Gasteiger partial charge < -0.3 is 4.98 Å². The van der Waals surface area contributed by atoms with Gasteiger partial charge in [-0.1, -0.05) is 6.07 Å². The maximum absolute atomic E-state index is 11.7. The van der Waals surface area contributed by atoms with E-state index in [1.54, 1.807) is 23.5 Å². The molecule has 0 fully saturated rings. The highest BCUT2D eigenvalue weighted by Crippen LogP contribution is 2.29. The molecule has 0 aliphatic rings. The van der Waals surface area contributed by atoms with Gasteiger partial charge in [-0.25, -0.2) is 13.4 Å². The Morgan fingerprint density at radius 1 is 1.21 bits per heavy atom. The number of rotatable bonds is 2. The van der Waals surface area contributed by atoms with E-state index in [4.69, 9.17) is 0 Å². The maximum Gasteiger partial charge on any atom is 0.177 e. The highest BCUT2D eigenvalue weighted by atomic mass is 32.2. The predicted octanol–water partition coefficient (Wildman–Crippen LogP) is 3.00. The second-order valence-corrected chi connectivity index (χ2v) is 7.69. The van der Waals surface area contributed by atoms with E-state index >= 15 is 0 Å². The number of H-pyrrole nitrogens is 1. The second-order valence-electron chi connectivity index (χ2n) is 4.42. The minimum atomic E-state index is -3.27. The molecule has 0 spiro atoms. The van der Waals surface area contributed by atoms with Crippen LogP contribution in [0.1, 0.15) is 4.88 Å². The van der Waals surface area contributed by atoms with Gasteiger partial charge in [-0.05, 0) is 31.2 Å². The Hall–Kier alpha value is -1.66. The first kappa shape index (κ1) is 12.4. The summed E-state index contributed by atoms with van der Waals surface area (Å²) in [4.78, 5) is 10.1. The van der Waals surface area contributed by atoms with Crippen LogP contribution in [-0.2, 0) is 9.84 Å². The smallest absolute Gasteiger partial charge is 0.177 e. The van der Waals surface area contributed by atoms with Crippen LogP contribution >= 0.6 is 11.3 Å². The highest BCUT2D eigenvalue weighted by Gasteiger charge is 2.16. The molecule has 19 heavy (non-hydrogen) atoms. The number of hydrogen-bond acceptors (Lipinski definition) is 4. The number of aryl methyl sites for hydroxylation is 1. The minimum Gasteiger partial charge on any atom is -0.337 e. The molecular formula is C13H12N2O2S2. The van der Waals surface area contributed by atoms with Gasteiger partial charge in [-0.15, -0.1) is 11.3 Å². The molecule has 0 aliphatic heterocycles. The van der Waals surface area contributed by atoms with Crippen molar-refractivity contribution in [2.75, 3.05) is 6.26 Å². The van der Waals surface area contributed by atoms with Gasteiger partial charge in [0.2, 0.25) is 0 Å². The molecule has 0 amide bonds. The number of sulfone groups is 1. The summed E-state index contributed by atoms with van der Waals surface area (Å²) in [6, 6.07) is 9.14. The lowest BCUT2D eigenvalue weighted by Crippen LogP contribution is -1.97. The number of nitrogens with zero attached hydrogens (tertiary/aromatic N) is 1. The molecule has 6 heteroatoms. The third-order valence-electron chi connectivity index (χ3n) is 2.85. The highest BCUT2D eigenvalue weighted by molar-refractivity contribution is 7.91. The van der Waals surface area contributed by atoms with Crippen molar-refractivity contribution in [1.82, 2.24) is 9.97 Å². The van der Waals surface area contributed by atoms with Crippen LogP contribution in [0.15, 0.2) is 35.2 Å². The fraction of sp³-hybridized carbons (Fsp3) is 0.154. The molecule has 0 saturated heterocycles. The number of aromatic nitrogens is 2. The lowest BCUT2D eigenvalue weighted by molar-refractivity contribution is 0.602. The van der Waals surface area contributed by atoms with Crippen molar-refractivity contribution in [3.05, 3.63) is 35.2 Å². The SMILES string of the molecule is Cc1ccc(-c2nc3c(S(C)(=O)=O)cccc3[nH]2)s1.